The van der Waals surface area contributed by atoms with Crippen LogP contribution in [0.5, 0.6) is 5.75 Å². The molecule has 0 saturated carbocycles. The summed E-state index contributed by atoms with van der Waals surface area (Å²) >= 11 is 6.29. The normalized spacial score (nSPS) is 18.7. The van der Waals surface area contributed by atoms with Gasteiger partial charge in [0.15, 0.2) is 0 Å². The summed E-state index contributed by atoms with van der Waals surface area (Å²) in [5, 5.41) is 3.96. The minimum Gasteiger partial charge on any atom is -0.497 e. The summed E-state index contributed by atoms with van der Waals surface area (Å²) in [6, 6.07) is 15.7. The van der Waals surface area contributed by atoms with Crippen LogP contribution in [-0.4, -0.2) is 31.0 Å². The molecule has 144 valence electrons. The van der Waals surface area contributed by atoms with Crippen LogP contribution in [0.3, 0.4) is 0 Å². The molecule has 0 spiro atoms. The van der Waals surface area contributed by atoms with Crippen molar-refractivity contribution < 1.29 is 9.53 Å². The molecular formula is C22H27ClN2O2. The van der Waals surface area contributed by atoms with Gasteiger partial charge in [-0.1, -0.05) is 41.9 Å². The maximum absolute atomic E-state index is 12.8. The molecule has 0 unspecified atom stereocenters. The van der Waals surface area contributed by atoms with Crippen LogP contribution in [0.25, 0.3) is 0 Å². The monoisotopic (exact) mass is 386 g/mol. The molecule has 4 nitrogen and oxygen atoms in total. The molecule has 0 aromatic heterocycles. The van der Waals surface area contributed by atoms with E-state index in [1.54, 1.807) is 7.11 Å². The van der Waals surface area contributed by atoms with Gasteiger partial charge in [-0.2, -0.15) is 0 Å². The third-order valence-electron chi connectivity index (χ3n) is 5.20. The van der Waals surface area contributed by atoms with Gasteiger partial charge in [-0.25, -0.2) is 0 Å². The van der Waals surface area contributed by atoms with Crippen LogP contribution in [0.2, 0.25) is 5.02 Å². The maximum atomic E-state index is 12.8. The smallest absolute Gasteiger partial charge is 0.224 e. The number of halogens is 1. The third kappa shape index (κ3) is 5.24. The van der Waals surface area contributed by atoms with Gasteiger partial charge >= 0.3 is 0 Å². The lowest BCUT2D eigenvalue weighted by molar-refractivity contribution is -0.127. The van der Waals surface area contributed by atoms with E-state index in [1.807, 2.05) is 49.4 Å². The number of likely N-dealkylation sites (tertiary alicyclic amines) is 1. The molecule has 1 aliphatic heterocycles. The Morgan fingerprint density at radius 2 is 2.00 bits per heavy atom. The molecule has 1 aliphatic rings. The van der Waals surface area contributed by atoms with Crippen molar-refractivity contribution in [3.05, 3.63) is 64.7 Å². The summed E-state index contributed by atoms with van der Waals surface area (Å²) in [6.45, 7) is 4.58. The number of amides is 1. The first-order chi connectivity index (χ1) is 13.1. The van der Waals surface area contributed by atoms with Crippen molar-refractivity contribution in [3.8, 4) is 5.75 Å². The molecule has 2 atom stereocenters. The number of carbonyl (C=O) groups is 1. The SMILES string of the molecule is COc1ccc([C@@H](C)NC(=O)[C@@H]2CCCN(Cc3ccccc3Cl)C2)cc1. The van der Waals surface area contributed by atoms with E-state index >= 15 is 0 Å². The standard InChI is InChI=1S/C22H27ClN2O2/c1-16(17-9-11-20(27-2)12-10-17)24-22(26)19-7-5-13-25(15-19)14-18-6-3-4-8-21(18)23/h3-4,6,8-12,16,19H,5,7,13-15H2,1-2H3,(H,24,26)/t16-,19-/m1/s1. The summed E-state index contributed by atoms with van der Waals surface area (Å²) in [5.41, 5.74) is 2.19. The zero-order chi connectivity index (χ0) is 19.2. The van der Waals surface area contributed by atoms with E-state index in [2.05, 4.69) is 16.3 Å². The first-order valence-corrected chi connectivity index (χ1v) is 9.84. The number of carbonyl (C=O) groups excluding carboxylic acids is 1. The first-order valence-electron chi connectivity index (χ1n) is 9.47. The summed E-state index contributed by atoms with van der Waals surface area (Å²) in [4.78, 5) is 15.1. The number of rotatable bonds is 6. The fourth-order valence-corrected chi connectivity index (χ4v) is 3.78. The lowest BCUT2D eigenvalue weighted by Crippen LogP contribution is -2.43. The molecule has 0 bridgehead atoms. The van der Waals surface area contributed by atoms with Gasteiger partial charge in [0, 0.05) is 18.1 Å². The highest BCUT2D eigenvalue weighted by atomic mass is 35.5. The number of ether oxygens (including phenoxy) is 1. The Labute approximate surface area is 166 Å². The van der Waals surface area contributed by atoms with Crippen LogP contribution >= 0.6 is 11.6 Å². The van der Waals surface area contributed by atoms with Crippen molar-refractivity contribution in [2.24, 2.45) is 5.92 Å². The molecule has 0 radical (unpaired) electrons. The van der Waals surface area contributed by atoms with E-state index in [1.165, 1.54) is 0 Å². The molecule has 1 heterocycles. The van der Waals surface area contributed by atoms with Crippen molar-refractivity contribution in [1.29, 1.82) is 0 Å². The van der Waals surface area contributed by atoms with Gasteiger partial charge in [0.25, 0.3) is 0 Å². The average molecular weight is 387 g/mol. The van der Waals surface area contributed by atoms with Crippen LogP contribution in [0.1, 0.15) is 36.9 Å². The Bertz CT molecular complexity index is 763. The van der Waals surface area contributed by atoms with E-state index in [-0.39, 0.29) is 17.9 Å². The first kappa shape index (κ1) is 19.7. The minimum absolute atomic E-state index is 0.0157. The van der Waals surface area contributed by atoms with E-state index in [4.69, 9.17) is 16.3 Å². The van der Waals surface area contributed by atoms with Gasteiger partial charge in [-0.15, -0.1) is 0 Å². The molecule has 3 rings (SSSR count). The molecular weight excluding hydrogens is 360 g/mol. The zero-order valence-electron chi connectivity index (χ0n) is 16.0. The fraction of sp³-hybridized carbons (Fsp3) is 0.409. The molecule has 5 heteroatoms. The number of methoxy groups -OCH3 is 1. The van der Waals surface area contributed by atoms with Crippen molar-refractivity contribution in [2.75, 3.05) is 20.2 Å². The average Bonchev–Trinajstić information content (AvgIpc) is 2.70. The van der Waals surface area contributed by atoms with E-state index in [9.17, 15) is 4.79 Å². The van der Waals surface area contributed by atoms with E-state index in [0.717, 1.165) is 54.4 Å². The van der Waals surface area contributed by atoms with Crippen molar-refractivity contribution in [2.45, 2.75) is 32.4 Å². The van der Waals surface area contributed by atoms with Crippen LogP contribution in [0.15, 0.2) is 48.5 Å². The Hall–Kier alpha value is -2.04. The number of nitrogens with one attached hydrogen (secondary N) is 1. The second-order valence-corrected chi connectivity index (χ2v) is 7.58. The highest BCUT2D eigenvalue weighted by Gasteiger charge is 2.27. The van der Waals surface area contributed by atoms with Crippen LogP contribution in [0.4, 0.5) is 0 Å². The number of piperidine rings is 1. The number of benzene rings is 2. The lowest BCUT2D eigenvalue weighted by Gasteiger charge is -2.32. The van der Waals surface area contributed by atoms with E-state index in [0.29, 0.717) is 0 Å². The van der Waals surface area contributed by atoms with Gasteiger partial charge in [-0.05, 0) is 55.6 Å². The quantitative estimate of drug-likeness (QED) is 0.798. The Kier molecular flexibility index (Phi) is 6.75. The lowest BCUT2D eigenvalue weighted by atomic mass is 9.96. The molecule has 1 fully saturated rings. The number of nitrogens with zero attached hydrogens (tertiary/aromatic N) is 1. The maximum Gasteiger partial charge on any atom is 0.224 e. The molecule has 27 heavy (non-hydrogen) atoms. The van der Waals surface area contributed by atoms with Crippen LogP contribution in [-0.2, 0) is 11.3 Å². The highest BCUT2D eigenvalue weighted by Crippen LogP contribution is 2.23. The van der Waals surface area contributed by atoms with E-state index < -0.39 is 0 Å². The minimum atomic E-state index is -0.0256. The predicted molar refractivity (Wildman–Crippen MR) is 109 cm³/mol. The summed E-state index contributed by atoms with van der Waals surface area (Å²) < 4.78 is 5.19. The molecule has 1 N–H and O–H groups in total. The zero-order valence-corrected chi connectivity index (χ0v) is 16.7. The van der Waals surface area contributed by atoms with Gasteiger partial charge < -0.3 is 10.1 Å². The highest BCUT2D eigenvalue weighted by molar-refractivity contribution is 6.31. The number of hydrogen-bond acceptors (Lipinski definition) is 3. The summed E-state index contributed by atoms with van der Waals surface area (Å²) in [7, 11) is 1.65. The molecule has 2 aromatic carbocycles. The third-order valence-corrected chi connectivity index (χ3v) is 5.57. The second kappa shape index (κ2) is 9.25. The van der Waals surface area contributed by atoms with Crippen molar-refractivity contribution >= 4 is 17.5 Å². The Balaban J connectivity index is 1.56. The molecule has 1 amide bonds. The van der Waals surface area contributed by atoms with Crippen molar-refractivity contribution in [1.82, 2.24) is 10.2 Å². The van der Waals surface area contributed by atoms with Crippen molar-refractivity contribution in [3.63, 3.8) is 0 Å². The van der Waals surface area contributed by atoms with Gasteiger partial charge in [0.05, 0.1) is 19.1 Å². The molecule has 0 aliphatic carbocycles. The number of hydrogen-bond donors (Lipinski definition) is 1. The van der Waals surface area contributed by atoms with Gasteiger partial charge in [0.1, 0.15) is 5.75 Å². The van der Waals surface area contributed by atoms with Gasteiger partial charge in [0.2, 0.25) is 5.91 Å². The topological polar surface area (TPSA) is 41.6 Å². The predicted octanol–water partition coefficient (Wildman–Crippen LogP) is 4.44. The van der Waals surface area contributed by atoms with Gasteiger partial charge in [-0.3, -0.25) is 9.69 Å². The fourth-order valence-electron chi connectivity index (χ4n) is 3.59. The second-order valence-electron chi connectivity index (χ2n) is 7.17. The summed E-state index contributed by atoms with van der Waals surface area (Å²) in [6.07, 6.45) is 1.96. The Morgan fingerprint density at radius 3 is 2.70 bits per heavy atom. The summed E-state index contributed by atoms with van der Waals surface area (Å²) in [5.74, 6) is 0.962. The molecule has 2 aromatic rings. The Morgan fingerprint density at radius 1 is 1.26 bits per heavy atom. The molecule has 1 saturated heterocycles. The van der Waals surface area contributed by atoms with Crippen LogP contribution < -0.4 is 10.1 Å². The largest absolute Gasteiger partial charge is 0.497 e. The van der Waals surface area contributed by atoms with Crippen LogP contribution in [0, 0.1) is 5.92 Å².